The van der Waals surface area contributed by atoms with Gasteiger partial charge in [0.25, 0.3) is 0 Å². The molecule has 4 saturated carbocycles. The lowest BCUT2D eigenvalue weighted by molar-refractivity contribution is -0.162. The van der Waals surface area contributed by atoms with Gasteiger partial charge in [-0.15, -0.1) is 0 Å². The molecule has 10 atom stereocenters. The van der Waals surface area contributed by atoms with Crippen molar-refractivity contribution in [3.05, 3.63) is 0 Å². The molecule has 4 fully saturated rings. The molecule has 0 unspecified atom stereocenters. The Hall–Kier alpha value is -0.530. The minimum atomic E-state index is 0.0751. The van der Waals surface area contributed by atoms with Crippen molar-refractivity contribution < 1.29 is 9.53 Å². The fourth-order valence-corrected chi connectivity index (χ4v) is 10.5. The van der Waals surface area contributed by atoms with Crippen LogP contribution in [-0.2, 0) is 9.53 Å². The van der Waals surface area contributed by atoms with Gasteiger partial charge in [-0.2, -0.15) is 0 Å². The van der Waals surface area contributed by atoms with Crippen LogP contribution in [0.4, 0.5) is 0 Å². The lowest BCUT2D eigenvalue weighted by Gasteiger charge is -2.61. The number of rotatable bonds is 12. The van der Waals surface area contributed by atoms with Gasteiger partial charge in [-0.1, -0.05) is 87.0 Å². The Morgan fingerprint density at radius 2 is 1.53 bits per heavy atom. The zero-order chi connectivity index (χ0) is 27.5. The number of carbonyl (C=O) groups is 1. The highest BCUT2D eigenvalue weighted by Gasteiger charge is 2.60. The van der Waals surface area contributed by atoms with E-state index < -0.39 is 0 Å². The normalized spacial score (nSPS) is 40.2. The van der Waals surface area contributed by atoms with Crippen molar-refractivity contribution >= 4 is 5.97 Å². The summed E-state index contributed by atoms with van der Waals surface area (Å²) in [6, 6.07) is 0. The molecule has 0 N–H and O–H groups in total. The van der Waals surface area contributed by atoms with E-state index in [4.69, 9.17) is 4.74 Å². The molecule has 4 aliphatic rings. The maximum absolute atomic E-state index is 12.6. The fraction of sp³-hybridized carbons (Fsp3) is 0.972. The Balaban J connectivity index is 1.31. The van der Waals surface area contributed by atoms with E-state index in [-0.39, 0.29) is 12.1 Å². The number of hydrogen-bond donors (Lipinski definition) is 0. The lowest BCUT2D eigenvalue weighted by atomic mass is 9.44. The molecule has 0 aromatic carbocycles. The average Bonchev–Trinajstić information content (AvgIpc) is 3.24. The molecule has 0 heterocycles. The predicted molar refractivity (Wildman–Crippen MR) is 161 cm³/mol. The van der Waals surface area contributed by atoms with Crippen LogP contribution in [0, 0.1) is 58.2 Å². The van der Waals surface area contributed by atoms with E-state index in [1.807, 2.05) is 0 Å². The van der Waals surface area contributed by atoms with Crippen LogP contribution >= 0.6 is 0 Å². The minimum Gasteiger partial charge on any atom is -0.462 e. The number of unbranched alkanes of at least 4 members (excludes halogenated alkanes) is 4. The van der Waals surface area contributed by atoms with Crippen LogP contribution in [0.1, 0.15) is 158 Å². The zero-order valence-corrected chi connectivity index (χ0v) is 26.5. The first-order valence-electron chi connectivity index (χ1n) is 17.3. The van der Waals surface area contributed by atoms with Gasteiger partial charge in [0.2, 0.25) is 0 Å². The molecular weight excluding hydrogens is 464 g/mol. The van der Waals surface area contributed by atoms with Gasteiger partial charge in [-0.3, -0.25) is 4.79 Å². The summed E-state index contributed by atoms with van der Waals surface area (Å²) in [4.78, 5) is 12.6. The standard InChI is InChI=1S/C36H64O2/c1-8-9-10-11-12-13-34(37)38-29-20-22-35(6)28(24-29)16-17-30-32-19-18-31(36(32,7)23-21-33(30)35)27(5)15-14-26(4)25(2)3/h25-33H,8-24H2,1-7H3/t26-,27+,28-,29-,30-,31+,32-,33-,35-,36+/m0/s1. The van der Waals surface area contributed by atoms with Gasteiger partial charge >= 0.3 is 5.97 Å². The molecule has 0 amide bonds. The summed E-state index contributed by atoms with van der Waals surface area (Å²) in [5.74, 6) is 7.14. The Morgan fingerprint density at radius 3 is 2.26 bits per heavy atom. The highest BCUT2D eigenvalue weighted by atomic mass is 16.5. The van der Waals surface area contributed by atoms with Crippen LogP contribution in [0.3, 0.4) is 0 Å². The molecule has 0 aromatic heterocycles. The van der Waals surface area contributed by atoms with Gasteiger partial charge < -0.3 is 4.74 Å². The van der Waals surface area contributed by atoms with Crippen LogP contribution in [0.5, 0.6) is 0 Å². The molecule has 38 heavy (non-hydrogen) atoms. The second-order valence-electron chi connectivity index (χ2n) is 15.7. The number of fused-ring (bicyclic) bond motifs is 5. The summed E-state index contributed by atoms with van der Waals surface area (Å²) < 4.78 is 6.07. The third kappa shape index (κ3) is 6.35. The van der Waals surface area contributed by atoms with Crippen molar-refractivity contribution in [2.24, 2.45) is 58.2 Å². The summed E-state index contributed by atoms with van der Waals surface area (Å²) in [6.45, 7) is 17.5. The smallest absolute Gasteiger partial charge is 0.306 e. The van der Waals surface area contributed by atoms with E-state index in [2.05, 4.69) is 48.5 Å². The van der Waals surface area contributed by atoms with Crippen LogP contribution in [0.15, 0.2) is 0 Å². The van der Waals surface area contributed by atoms with E-state index in [0.717, 1.165) is 66.6 Å². The van der Waals surface area contributed by atoms with Gasteiger partial charge in [0, 0.05) is 6.42 Å². The Labute approximate surface area is 237 Å². The minimum absolute atomic E-state index is 0.0751. The van der Waals surface area contributed by atoms with Crippen molar-refractivity contribution in [2.75, 3.05) is 0 Å². The number of carbonyl (C=O) groups excluding carboxylic acids is 1. The fourth-order valence-electron chi connectivity index (χ4n) is 10.5. The molecule has 0 saturated heterocycles. The summed E-state index contributed by atoms with van der Waals surface area (Å²) in [5.41, 5.74) is 1.05. The van der Waals surface area contributed by atoms with Crippen LogP contribution in [0.2, 0.25) is 0 Å². The van der Waals surface area contributed by atoms with Crippen molar-refractivity contribution in [2.45, 2.75) is 164 Å². The second kappa shape index (κ2) is 13.0. The Bertz CT molecular complexity index is 758. The molecule has 0 radical (unpaired) electrons. The van der Waals surface area contributed by atoms with Gasteiger partial charge in [-0.05, 0) is 122 Å². The summed E-state index contributed by atoms with van der Waals surface area (Å²) in [6.07, 6.45) is 21.9. The molecule has 220 valence electrons. The van der Waals surface area contributed by atoms with Gasteiger partial charge in [0.15, 0.2) is 0 Å². The van der Waals surface area contributed by atoms with Gasteiger partial charge in [0.1, 0.15) is 6.10 Å². The summed E-state index contributed by atoms with van der Waals surface area (Å²) in [7, 11) is 0. The van der Waals surface area contributed by atoms with Crippen molar-refractivity contribution in [1.82, 2.24) is 0 Å². The van der Waals surface area contributed by atoms with E-state index >= 15 is 0 Å². The number of esters is 1. The first kappa shape index (κ1) is 30.4. The van der Waals surface area contributed by atoms with Crippen LogP contribution in [0.25, 0.3) is 0 Å². The molecular formula is C36H64O2. The molecule has 4 rings (SSSR count). The quantitative estimate of drug-likeness (QED) is 0.186. The largest absolute Gasteiger partial charge is 0.462 e. The van der Waals surface area contributed by atoms with Gasteiger partial charge in [-0.25, -0.2) is 0 Å². The first-order valence-corrected chi connectivity index (χ1v) is 17.3. The molecule has 0 aliphatic heterocycles. The summed E-state index contributed by atoms with van der Waals surface area (Å²) in [5, 5.41) is 0. The number of hydrogen-bond acceptors (Lipinski definition) is 2. The second-order valence-corrected chi connectivity index (χ2v) is 15.7. The van der Waals surface area contributed by atoms with Gasteiger partial charge in [0.05, 0.1) is 0 Å². The third-order valence-electron chi connectivity index (χ3n) is 13.4. The highest BCUT2D eigenvalue weighted by molar-refractivity contribution is 5.69. The lowest BCUT2D eigenvalue weighted by Crippen LogP contribution is -2.54. The molecule has 0 aromatic rings. The molecule has 0 spiro atoms. The topological polar surface area (TPSA) is 26.3 Å². The van der Waals surface area contributed by atoms with Crippen LogP contribution < -0.4 is 0 Å². The van der Waals surface area contributed by atoms with Crippen molar-refractivity contribution in [3.63, 3.8) is 0 Å². The molecule has 2 nitrogen and oxygen atoms in total. The maximum Gasteiger partial charge on any atom is 0.306 e. The Kier molecular flexibility index (Phi) is 10.4. The predicted octanol–water partition coefficient (Wildman–Crippen LogP) is 10.6. The Morgan fingerprint density at radius 1 is 0.816 bits per heavy atom. The molecule has 2 heteroatoms. The summed E-state index contributed by atoms with van der Waals surface area (Å²) >= 11 is 0. The monoisotopic (exact) mass is 528 g/mol. The SMILES string of the molecule is CCCCCCCC(=O)O[C@H]1CC[C@@]2(C)[C@@H](CC[C@@H]3[C@@H]2CC[C@]2(C)[C@@H]([C@H](C)CC[C@H](C)C(C)C)CC[C@@H]32)C1. The van der Waals surface area contributed by atoms with E-state index in [1.54, 1.807) is 0 Å². The van der Waals surface area contributed by atoms with Crippen LogP contribution in [-0.4, -0.2) is 12.1 Å². The molecule has 4 aliphatic carbocycles. The van der Waals surface area contributed by atoms with E-state index in [9.17, 15) is 4.79 Å². The first-order chi connectivity index (χ1) is 18.1. The van der Waals surface area contributed by atoms with Crippen molar-refractivity contribution in [3.8, 4) is 0 Å². The highest BCUT2D eigenvalue weighted by Crippen LogP contribution is 2.68. The average molecular weight is 529 g/mol. The molecule has 0 bridgehead atoms. The number of ether oxygens (including phenoxy) is 1. The van der Waals surface area contributed by atoms with E-state index in [1.165, 1.54) is 83.5 Å². The van der Waals surface area contributed by atoms with E-state index in [0.29, 0.717) is 17.3 Å². The third-order valence-corrected chi connectivity index (χ3v) is 13.4. The zero-order valence-electron chi connectivity index (χ0n) is 26.5. The maximum atomic E-state index is 12.6. The van der Waals surface area contributed by atoms with Crippen molar-refractivity contribution in [1.29, 1.82) is 0 Å².